The fourth-order valence-corrected chi connectivity index (χ4v) is 2.09. The Bertz CT molecular complexity index is 807. The van der Waals surface area contributed by atoms with Gasteiger partial charge in [-0.1, -0.05) is 0 Å². The molecule has 0 atom stereocenters. The number of rotatable bonds is 2. The first-order valence-electron chi connectivity index (χ1n) is 5.57. The fourth-order valence-electron chi connectivity index (χ4n) is 1.76. The molecule has 7 heteroatoms. The number of aromatic nitrogens is 4. The number of hydrogen-bond donors (Lipinski definition) is 1. The van der Waals surface area contributed by atoms with E-state index >= 15 is 0 Å². The summed E-state index contributed by atoms with van der Waals surface area (Å²) >= 11 is 3.34. The van der Waals surface area contributed by atoms with Crippen molar-refractivity contribution in [2.24, 2.45) is 7.05 Å². The standard InChI is InChI=1S/C12H10BrN5O/c1-17-5-4-10(16-17)15-9-6-14-11-3-2-8(13)7-18(11)12(9)19/h2-7H,1H3,(H,15,16). The van der Waals surface area contributed by atoms with Crippen LogP contribution in [0.15, 0.2) is 46.1 Å². The molecule has 0 saturated carbocycles. The third kappa shape index (κ3) is 2.24. The van der Waals surface area contributed by atoms with Gasteiger partial charge in [0, 0.05) is 30.0 Å². The molecule has 19 heavy (non-hydrogen) atoms. The molecule has 0 amide bonds. The number of nitrogens with zero attached hydrogens (tertiary/aromatic N) is 4. The van der Waals surface area contributed by atoms with Crippen LogP contribution >= 0.6 is 15.9 Å². The second-order valence-electron chi connectivity index (χ2n) is 4.05. The summed E-state index contributed by atoms with van der Waals surface area (Å²) in [5.41, 5.74) is 0.811. The van der Waals surface area contributed by atoms with Gasteiger partial charge in [-0.2, -0.15) is 5.10 Å². The summed E-state index contributed by atoms with van der Waals surface area (Å²) < 4.78 is 3.96. The fraction of sp³-hybridized carbons (Fsp3) is 0.0833. The van der Waals surface area contributed by atoms with E-state index in [0.717, 1.165) is 4.47 Å². The first-order chi connectivity index (χ1) is 9.13. The van der Waals surface area contributed by atoms with Gasteiger partial charge in [0.1, 0.15) is 11.3 Å². The second kappa shape index (κ2) is 4.51. The average Bonchev–Trinajstić information content (AvgIpc) is 2.79. The molecule has 0 spiro atoms. The van der Waals surface area contributed by atoms with E-state index in [9.17, 15) is 4.79 Å². The molecule has 3 aromatic heterocycles. The van der Waals surface area contributed by atoms with Gasteiger partial charge in [-0.3, -0.25) is 13.9 Å². The SMILES string of the molecule is Cn1ccc(Nc2cnc3ccc(Br)cn3c2=O)n1. The number of fused-ring (bicyclic) bond motifs is 1. The summed E-state index contributed by atoms with van der Waals surface area (Å²) in [6.07, 6.45) is 5.00. The lowest BCUT2D eigenvalue weighted by molar-refractivity contribution is 0.771. The van der Waals surface area contributed by atoms with Crippen LogP contribution in [0.25, 0.3) is 5.65 Å². The quantitative estimate of drug-likeness (QED) is 0.784. The van der Waals surface area contributed by atoms with E-state index in [-0.39, 0.29) is 5.56 Å². The van der Waals surface area contributed by atoms with Crippen molar-refractivity contribution in [3.05, 3.63) is 51.6 Å². The molecule has 0 fully saturated rings. The normalized spacial score (nSPS) is 10.8. The Morgan fingerprint density at radius 3 is 2.89 bits per heavy atom. The highest BCUT2D eigenvalue weighted by Gasteiger charge is 2.06. The van der Waals surface area contributed by atoms with Gasteiger partial charge in [-0.15, -0.1) is 0 Å². The van der Waals surface area contributed by atoms with Gasteiger partial charge in [0.25, 0.3) is 5.56 Å². The summed E-state index contributed by atoms with van der Waals surface area (Å²) in [6, 6.07) is 5.40. The van der Waals surface area contributed by atoms with Crippen molar-refractivity contribution in [1.29, 1.82) is 0 Å². The van der Waals surface area contributed by atoms with Crippen LogP contribution in [0.4, 0.5) is 11.5 Å². The van der Waals surface area contributed by atoms with E-state index in [4.69, 9.17) is 0 Å². The molecule has 0 radical (unpaired) electrons. The number of nitrogens with one attached hydrogen (secondary N) is 1. The number of pyridine rings is 1. The second-order valence-corrected chi connectivity index (χ2v) is 4.97. The highest BCUT2D eigenvalue weighted by Crippen LogP contribution is 2.12. The van der Waals surface area contributed by atoms with Crippen LogP contribution in [-0.2, 0) is 7.05 Å². The predicted octanol–water partition coefficient (Wildman–Crippen LogP) is 1.93. The summed E-state index contributed by atoms with van der Waals surface area (Å²) in [5, 5.41) is 7.13. The molecule has 0 bridgehead atoms. The van der Waals surface area contributed by atoms with Crippen molar-refractivity contribution in [1.82, 2.24) is 19.2 Å². The minimum atomic E-state index is -0.169. The van der Waals surface area contributed by atoms with Gasteiger partial charge >= 0.3 is 0 Å². The van der Waals surface area contributed by atoms with Gasteiger partial charge in [0.15, 0.2) is 5.82 Å². The lowest BCUT2D eigenvalue weighted by Crippen LogP contribution is -2.18. The number of aryl methyl sites for hydroxylation is 1. The predicted molar refractivity (Wildman–Crippen MR) is 75.7 cm³/mol. The van der Waals surface area contributed by atoms with Crippen LogP contribution in [0.3, 0.4) is 0 Å². The van der Waals surface area contributed by atoms with Crippen LogP contribution in [0, 0.1) is 0 Å². The Balaban J connectivity index is 2.09. The lowest BCUT2D eigenvalue weighted by Gasteiger charge is -2.05. The molecule has 3 aromatic rings. The molecule has 0 unspecified atom stereocenters. The van der Waals surface area contributed by atoms with Crippen LogP contribution in [0.2, 0.25) is 0 Å². The van der Waals surface area contributed by atoms with Crippen molar-refractivity contribution in [2.75, 3.05) is 5.32 Å². The molecule has 0 saturated heterocycles. The minimum absolute atomic E-state index is 0.169. The largest absolute Gasteiger partial charge is 0.333 e. The topological polar surface area (TPSA) is 64.2 Å². The molecule has 0 aliphatic carbocycles. The molecule has 96 valence electrons. The van der Waals surface area contributed by atoms with Gasteiger partial charge in [0.05, 0.1) is 6.20 Å². The summed E-state index contributed by atoms with van der Waals surface area (Å²) in [7, 11) is 1.81. The maximum atomic E-state index is 12.3. The maximum absolute atomic E-state index is 12.3. The Morgan fingerprint density at radius 2 is 2.16 bits per heavy atom. The zero-order chi connectivity index (χ0) is 13.4. The number of anilines is 2. The van der Waals surface area contributed by atoms with Crippen molar-refractivity contribution in [3.8, 4) is 0 Å². The van der Waals surface area contributed by atoms with E-state index in [1.807, 2.05) is 13.1 Å². The lowest BCUT2D eigenvalue weighted by atomic mass is 10.4. The zero-order valence-electron chi connectivity index (χ0n) is 10.0. The van der Waals surface area contributed by atoms with Crippen LogP contribution in [0.1, 0.15) is 0 Å². The van der Waals surface area contributed by atoms with Gasteiger partial charge in [0.2, 0.25) is 0 Å². The van der Waals surface area contributed by atoms with E-state index in [1.54, 1.807) is 29.2 Å². The molecule has 0 aliphatic rings. The van der Waals surface area contributed by atoms with E-state index in [1.165, 1.54) is 10.6 Å². The number of hydrogen-bond acceptors (Lipinski definition) is 4. The van der Waals surface area contributed by atoms with Gasteiger partial charge in [-0.05, 0) is 28.1 Å². The maximum Gasteiger partial charge on any atom is 0.281 e. The molecule has 3 rings (SSSR count). The molecule has 0 aliphatic heterocycles. The molecule has 1 N–H and O–H groups in total. The van der Waals surface area contributed by atoms with E-state index in [2.05, 4.69) is 31.3 Å². The van der Waals surface area contributed by atoms with Gasteiger partial charge in [-0.25, -0.2) is 4.98 Å². The highest BCUT2D eigenvalue weighted by molar-refractivity contribution is 9.10. The average molecular weight is 320 g/mol. The van der Waals surface area contributed by atoms with E-state index in [0.29, 0.717) is 17.2 Å². The highest BCUT2D eigenvalue weighted by atomic mass is 79.9. The minimum Gasteiger partial charge on any atom is -0.333 e. The van der Waals surface area contributed by atoms with Crippen LogP contribution in [0.5, 0.6) is 0 Å². The van der Waals surface area contributed by atoms with Crippen LogP contribution < -0.4 is 10.9 Å². The molecule has 3 heterocycles. The van der Waals surface area contributed by atoms with Crippen molar-refractivity contribution >= 4 is 33.1 Å². The Morgan fingerprint density at radius 1 is 1.32 bits per heavy atom. The van der Waals surface area contributed by atoms with Crippen molar-refractivity contribution in [2.45, 2.75) is 0 Å². The monoisotopic (exact) mass is 319 g/mol. The molecular formula is C12H10BrN5O. The zero-order valence-corrected chi connectivity index (χ0v) is 11.6. The number of halogens is 1. The Labute approximate surface area is 116 Å². The molecule has 0 aromatic carbocycles. The molecular weight excluding hydrogens is 310 g/mol. The van der Waals surface area contributed by atoms with Crippen molar-refractivity contribution < 1.29 is 0 Å². The summed E-state index contributed by atoms with van der Waals surface area (Å²) in [6.45, 7) is 0. The molecule has 6 nitrogen and oxygen atoms in total. The van der Waals surface area contributed by atoms with Gasteiger partial charge < -0.3 is 5.32 Å². The third-order valence-electron chi connectivity index (χ3n) is 2.64. The van der Waals surface area contributed by atoms with Crippen molar-refractivity contribution in [3.63, 3.8) is 0 Å². The Hall–Kier alpha value is -2.15. The van der Waals surface area contributed by atoms with Crippen LogP contribution in [-0.4, -0.2) is 19.2 Å². The summed E-state index contributed by atoms with van der Waals surface area (Å²) in [4.78, 5) is 16.5. The third-order valence-corrected chi connectivity index (χ3v) is 3.11. The Kier molecular flexibility index (Phi) is 2.83. The smallest absolute Gasteiger partial charge is 0.281 e. The summed E-state index contributed by atoms with van der Waals surface area (Å²) in [5.74, 6) is 0.608. The van der Waals surface area contributed by atoms with E-state index < -0.39 is 0 Å². The first-order valence-corrected chi connectivity index (χ1v) is 6.36. The first kappa shape index (κ1) is 11.9.